The first-order valence-corrected chi connectivity index (χ1v) is 18.5. The molecule has 3 N–H and O–H groups in total. The van der Waals surface area contributed by atoms with E-state index in [1.165, 1.54) is 23.1 Å². The Bertz CT molecular complexity index is 2210. The molecule has 1 heterocycles. The van der Waals surface area contributed by atoms with Crippen LogP contribution in [0.1, 0.15) is 33.7 Å². The van der Waals surface area contributed by atoms with Crippen LogP contribution in [0.4, 0.5) is 10.8 Å². The quantitative estimate of drug-likeness (QED) is 0.0753. The molecule has 0 aliphatic rings. The van der Waals surface area contributed by atoms with E-state index in [1.54, 1.807) is 67.8 Å². The highest BCUT2D eigenvalue weighted by Crippen LogP contribution is 2.38. The lowest BCUT2D eigenvalue weighted by molar-refractivity contribution is -0.116. The summed E-state index contributed by atoms with van der Waals surface area (Å²) in [6.45, 7) is 2.43. The molecule has 0 fully saturated rings. The fourth-order valence-electron chi connectivity index (χ4n) is 5.24. The molecule has 1 aromatic heterocycles. The predicted molar refractivity (Wildman–Crippen MR) is 212 cm³/mol. The largest absolute Gasteiger partial charge is 0.497 e. The average Bonchev–Trinajstić information content (AvgIpc) is 3.66. The van der Waals surface area contributed by atoms with Gasteiger partial charge in [0, 0.05) is 27.1 Å². The lowest BCUT2D eigenvalue weighted by atomic mass is 10.1. The molecule has 266 valence electrons. The molecule has 9 nitrogen and oxygen atoms in total. The third-order valence-electron chi connectivity index (χ3n) is 7.82. The molecule has 0 aliphatic carbocycles. The van der Waals surface area contributed by atoms with Crippen molar-refractivity contribution < 1.29 is 23.9 Å². The van der Waals surface area contributed by atoms with Crippen LogP contribution in [0.3, 0.4) is 0 Å². The highest BCUT2D eigenvalue weighted by atomic mass is 32.2. The van der Waals surface area contributed by atoms with Crippen LogP contribution in [0, 0.1) is 0 Å². The van der Waals surface area contributed by atoms with Crippen molar-refractivity contribution in [3.05, 3.63) is 161 Å². The molecule has 0 saturated heterocycles. The van der Waals surface area contributed by atoms with E-state index in [-0.39, 0.29) is 11.6 Å². The van der Waals surface area contributed by atoms with Crippen molar-refractivity contribution >= 4 is 57.7 Å². The molecule has 3 amide bonds. The molecule has 11 heteroatoms. The van der Waals surface area contributed by atoms with Gasteiger partial charge < -0.3 is 25.4 Å². The Morgan fingerprint density at radius 2 is 1.55 bits per heavy atom. The summed E-state index contributed by atoms with van der Waals surface area (Å²) in [5, 5.41) is 10.4. The maximum Gasteiger partial charge on any atom is 0.272 e. The number of amides is 3. The van der Waals surface area contributed by atoms with Gasteiger partial charge in [-0.3, -0.25) is 14.4 Å². The van der Waals surface area contributed by atoms with Gasteiger partial charge in [-0.05, 0) is 78.7 Å². The zero-order valence-corrected chi connectivity index (χ0v) is 30.6. The predicted octanol–water partition coefficient (Wildman–Crippen LogP) is 9.10. The molecule has 0 aliphatic heterocycles. The third kappa shape index (κ3) is 10.0. The molecule has 6 rings (SSSR count). The van der Waals surface area contributed by atoms with Gasteiger partial charge in [0.15, 0.2) is 5.13 Å². The molecular weight excluding hydrogens is 705 g/mol. The zero-order valence-electron chi connectivity index (χ0n) is 28.9. The number of nitrogens with one attached hydrogen (secondary N) is 3. The van der Waals surface area contributed by atoms with E-state index in [9.17, 15) is 14.4 Å². The molecule has 1 unspecified atom stereocenters. The van der Waals surface area contributed by atoms with Crippen LogP contribution in [-0.4, -0.2) is 36.4 Å². The summed E-state index contributed by atoms with van der Waals surface area (Å²) in [6.07, 6.45) is 1.61. The van der Waals surface area contributed by atoms with Crippen molar-refractivity contribution in [3.8, 4) is 22.8 Å². The Balaban J connectivity index is 1.21. The molecule has 0 bridgehead atoms. The highest BCUT2D eigenvalue weighted by molar-refractivity contribution is 8.00. The van der Waals surface area contributed by atoms with Crippen LogP contribution in [0.5, 0.6) is 11.5 Å². The van der Waals surface area contributed by atoms with Gasteiger partial charge in [-0.25, -0.2) is 4.98 Å². The van der Waals surface area contributed by atoms with E-state index in [2.05, 4.69) is 20.9 Å². The first-order chi connectivity index (χ1) is 25.9. The summed E-state index contributed by atoms with van der Waals surface area (Å²) in [6, 6.07) is 40.2. The van der Waals surface area contributed by atoms with Crippen molar-refractivity contribution in [2.24, 2.45) is 0 Å². The van der Waals surface area contributed by atoms with Crippen molar-refractivity contribution in [2.45, 2.75) is 17.1 Å². The Morgan fingerprint density at radius 3 is 2.28 bits per heavy atom. The molecule has 1 atom stereocenters. The van der Waals surface area contributed by atoms with Gasteiger partial charge >= 0.3 is 0 Å². The maximum absolute atomic E-state index is 13.9. The van der Waals surface area contributed by atoms with Gasteiger partial charge in [0.25, 0.3) is 11.8 Å². The number of hydrogen-bond acceptors (Lipinski definition) is 8. The molecule has 5 aromatic carbocycles. The van der Waals surface area contributed by atoms with E-state index in [1.807, 2.05) is 91.2 Å². The Labute approximate surface area is 316 Å². The zero-order chi connectivity index (χ0) is 37.0. The van der Waals surface area contributed by atoms with E-state index in [0.29, 0.717) is 34.3 Å². The van der Waals surface area contributed by atoms with Crippen molar-refractivity contribution in [3.63, 3.8) is 0 Å². The van der Waals surface area contributed by atoms with Gasteiger partial charge in [0.05, 0.1) is 19.4 Å². The monoisotopic (exact) mass is 740 g/mol. The Hall–Kier alpha value is -6.17. The van der Waals surface area contributed by atoms with Crippen LogP contribution >= 0.6 is 23.1 Å². The number of thioether (sulfide) groups is 1. The van der Waals surface area contributed by atoms with Crippen molar-refractivity contribution in [2.75, 3.05) is 24.4 Å². The second-order valence-electron chi connectivity index (χ2n) is 11.5. The number of carbonyl (C=O) groups is 3. The van der Waals surface area contributed by atoms with E-state index in [0.717, 1.165) is 27.5 Å². The fourth-order valence-corrected chi connectivity index (χ4v) is 7.04. The second kappa shape index (κ2) is 17.9. The lowest BCUT2D eigenvalue weighted by Crippen LogP contribution is -2.30. The summed E-state index contributed by atoms with van der Waals surface area (Å²) in [5.41, 5.74) is 4.07. The number of benzene rings is 5. The fraction of sp³-hybridized carbons (Fsp3) is 0.0952. The summed E-state index contributed by atoms with van der Waals surface area (Å²) < 4.78 is 10.9. The lowest BCUT2D eigenvalue weighted by Gasteiger charge is -2.17. The van der Waals surface area contributed by atoms with Gasteiger partial charge in [0.2, 0.25) is 5.91 Å². The van der Waals surface area contributed by atoms with E-state index < -0.39 is 17.1 Å². The van der Waals surface area contributed by atoms with Gasteiger partial charge in [-0.15, -0.1) is 23.1 Å². The highest BCUT2D eigenvalue weighted by Gasteiger charge is 2.24. The first-order valence-electron chi connectivity index (χ1n) is 16.7. The minimum atomic E-state index is -0.633. The van der Waals surface area contributed by atoms with Gasteiger partial charge in [-0.2, -0.15) is 0 Å². The average molecular weight is 741 g/mol. The smallest absolute Gasteiger partial charge is 0.272 e. The van der Waals surface area contributed by atoms with E-state index >= 15 is 0 Å². The third-order valence-corrected chi connectivity index (χ3v) is 9.82. The molecule has 6 aromatic rings. The number of ether oxygens (including phenoxy) is 2. The van der Waals surface area contributed by atoms with Crippen molar-refractivity contribution in [1.29, 1.82) is 0 Å². The number of anilines is 2. The molecule has 53 heavy (non-hydrogen) atoms. The number of nitrogens with zero attached hydrogens (tertiary/aromatic N) is 1. The van der Waals surface area contributed by atoms with Gasteiger partial charge in [0.1, 0.15) is 22.4 Å². The van der Waals surface area contributed by atoms with Crippen LogP contribution in [0.2, 0.25) is 0 Å². The summed E-state index contributed by atoms with van der Waals surface area (Å²) in [5.74, 6) is 0.238. The first kappa shape index (κ1) is 36.6. The summed E-state index contributed by atoms with van der Waals surface area (Å²) in [7, 11) is 1.61. The van der Waals surface area contributed by atoms with Crippen LogP contribution in [0.15, 0.2) is 149 Å². The topological polar surface area (TPSA) is 119 Å². The van der Waals surface area contributed by atoms with E-state index in [4.69, 9.17) is 9.47 Å². The van der Waals surface area contributed by atoms with Crippen LogP contribution < -0.4 is 25.4 Å². The number of methoxy groups -OCH3 is 1. The Morgan fingerprint density at radius 1 is 0.811 bits per heavy atom. The summed E-state index contributed by atoms with van der Waals surface area (Å²) in [4.78, 5) is 46.2. The number of aromatic nitrogens is 1. The van der Waals surface area contributed by atoms with Crippen molar-refractivity contribution in [1.82, 2.24) is 10.3 Å². The van der Waals surface area contributed by atoms with Gasteiger partial charge in [-0.1, -0.05) is 78.9 Å². The number of thiazole rings is 1. The molecule has 0 spiro atoms. The maximum atomic E-state index is 13.9. The normalized spacial score (nSPS) is 11.6. The molecular formula is C42H36N4O5S2. The minimum absolute atomic E-state index is 0.0550. The Kier molecular flexibility index (Phi) is 12.3. The summed E-state index contributed by atoms with van der Waals surface area (Å²) >= 11 is 2.68. The van der Waals surface area contributed by atoms with Crippen LogP contribution in [0.25, 0.3) is 17.3 Å². The number of carbonyl (C=O) groups excluding carboxylic acids is 3. The molecule has 0 saturated carbocycles. The standard InChI is InChI=1S/C42H36N4O5S2/c1-3-51-33-22-20-28(21-23-33)24-36(44-39(47)30-14-8-5-9-15-30)40(48)43-32-17-11-19-35(26-32)53-38(29-12-6-4-7-13-29)41(49)46-42-45-37(27-52-42)31-16-10-18-34(25-31)50-2/h4-27,38H,3H2,1-2H3,(H,43,48)(H,44,47)(H,45,46,49)/b36-24+. The number of hydrogen-bond donors (Lipinski definition) is 3. The second-order valence-corrected chi connectivity index (χ2v) is 13.6. The molecule has 0 radical (unpaired) electrons. The van der Waals surface area contributed by atoms with Crippen LogP contribution in [-0.2, 0) is 9.59 Å². The minimum Gasteiger partial charge on any atom is -0.497 e. The number of rotatable bonds is 14. The SMILES string of the molecule is CCOc1ccc(/C=C(/NC(=O)c2ccccc2)C(=O)Nc2cccc(SC(C(=O)Nc3nc(-c4cccc(OC)c4)cs3)c3ccccc3)c2)cc1.